The molecule has 0 unspecified atom stereocenters. The Morgan fingerprint density at radius 3 is 1.97 bits per heavy atom. The largest absolute Gasteiger partial charge is 0.493 e. The van der Waals surface area contributed by atoms with E-state index in [0.717, 1.165) is 5.56 Å². The highest BCUT2D eigenvalue weighted by Gasteiger charge is 2.19. The van der Waals surface area contributed by atoms with Crippen LogP contribution in [-0.2, 0) is 16.0 Å². The molecule has 0 spiro atoms. The van der Waals surface area contributed by atoms with E-state index in [0.29, 0.717) is 35.8 Å². The molecule has 8 nitrogen and oxygen atoms in total. The summed E-state index contributed by atoms with van der Waals surface area (Å²) in [5.41, 5.74) is 1.58. The zero-order chi connectivity index (χ0) is 22.1. The summed E-state index contributed by atoms with van der Waals surface area (Å²) >= 11 is 0. The third-order valence-corrected chi connectivity index (χ3v) is 4.30. The van der Waals surface area contributed by atoms with Crippen LogP contribution in [0.2, 0.25) is 0 Å². The predicted octanol–water partition coefficient (Wildman–Crippen LogP) is 2.43. The van der Waals surface area contributed by atoms with Crippen molar-refractivity contribution in [3.8, 4) is 17.2 Å². The van der Waals surface area contributed by atoms with Crippen LogP contribution < -0.4 is 19.5 Å². The molecule has 0 bridgehead atoms. The maximum absolute atomic E-state index is 12.4. The van der Waals surface area contributed by atoms with Crippen LogP contribution in [0.15, 0.2) is 36.4 Å². The van der Waals surface area contributed by atoms with Crippen molar-refractivity contribution in [3.05, 3.63) is 53.1 Å². The number of nitrogens with one attached hydrogen (secondary N) is 1. The Kier molecular flexibility index (Phi) is 8.22. The van der Waals surface area contributed by atoms with E-state index < -0.39 is 12.6 Å². The molecule has 160 valence electrons. The third-order valence-electron chi connectivity index (χ3n) is 4.30. The highest BCUT2D eigenvalue weighted by molar-refractivity contribution is 5.99. The zero-order valence-electron chi connectivity index (χ0n) is 17.4. The van der Waals surface area contributed by atoms with Crippen molar-refractivity contribution in [2.75, 3.05) is 34.5 Å². The Morgan fingerprint density at radius 2 is 1.47 bits per heavy atom. The average molecular weight is 415 g/mol. The van der Waals surface area contributed by atoms with Crippen LogP contribution in [0.5, 0.6) is 17.2 Å². The SMILES string of the molecule is COc1cc(C(=O)OCC(=O)c2ccc(CCNC(C)=O)cc2)cc(OC)c1OC. The van der Waals surface area contributed by atoms with Crippen molar-refractivity contribution < 1.29 is 33.3 Å². The summed E-state index contributed by atoms with van der Waals surface area (Å²) in [6.07, 6.45) is 0.657. The van der Waals surface area contributed by atoms with Crippen LogP contribution in [0.4, 0.5) is 0 Å². The van der Waals surface area contributed by atoms with E-state index in [1.54, 1.807) is 24.3 Å². The molecule has 2 aromatic rings. The van der Waals surface area contributed by atoms with Crippen molar-refractivity contribution >= 4 is 17.7 Å². The lowest BCUT2D eigenvalue weighted by Gasteiger charge is -2.13. The molecule has 1 N–H and O–H groups in total. The number of hydrogen-bond donors (Lipinski definition) is 1. The van der Waals surface area contributed by atoms with Gasteiger partial charge < -0.3 is 24.3 Å². The zero-order valence-corrected chi connectivity index (χ0v) is 17.4. The summed E-state index contributed by atoms with van der Waals surface area (Å²) in [4.78, 5) is 35.6. The molecule has 0 aromatic heterocycles. The lowest BCUT2D eigenvalue weighted by molar-refractivity contribution is -0.118. The summed E-state index contributed by atoms with van der Waals surface area (Å²) in [6.45, 7) is 1.58. The average Bonchev–Trinajstić information content (AvgIpc) is 2.76. The number of hydrogen-bond acceptors (Lipinski definition) is 7. The van der Waals surface area contributed by atoms with Crippen molar-refractivity contribution in [3.63, 3.8) is 0 Å². The number of esters is 1. The van der Waals surface area contributed by atoms with Crippen molar-refractivity contribution in [1.29, 1.82) is 0 Å². The van der Waals surface area contributed by atoms with Gasteiger partial charge in [0.25, 0.3) is 0 Å². The predicted molar refractivity (Wildman–Crippen MR) is 110 cm³/mol. The fourth-order valence-corrected chi connectivity index (χ4v) is 2.74. The minimum absolute atomic E-state index is 0.0873. The van der Waals surface area contributed by atoms with Crippen molar-refractivity contribution in [2.45, 2.75) is 13.3 Å². The van der Waals surface area contributed by atoms with Crippen LogP contribution in [0.3, 0.4) is 0 Å². The first kappa shape index (κ1) is 22.7. The Morgan fingerprint density at radius 1 is 0.867 bits per heavy atom. The molecule has 0 aliphatic heterocycles. The van der Waals surface area contributed by atoms with Crippen LogP contribution in [0, 0.1) is 0 Å². The molecule has 8 heteroatoms. The van der Waals surface area contributed by atoms with E-state index in [4.69, 9.17) is 18.9 Å². The second-order valence-electron chi connectivity index (χ2n) is 6.34. The van der Waals surface area contributed by atoms with Gasteiger partial charge in [0.05, 0.1) is 26.9 Å². The van der Waals surface area contributed by atoms with Crippen LogP contribution in [0.1, 0.15) is 33.2 Å². The molecule has 2 rings (SSSR count). The van der Waals surface area contributed by atoms with Gasteiger partial charge in [0.2, 0.25) is 11.7 Å². The highest BCUT2D eigenvalue weighted by atomic mass is 16.5. The van der Waals surface area contributed by atoms with Gasteiger partial charge in [-0.15, -0.1) is 0 Å². The molecule has 0 radical (unpaired) electrons. The van der Waals surface area contributed by atoms with Gasteiger partial charge in [-0.2, -0.15) is 0 Å². The lowest BCUT2D eigenvalue weighted by atomic mass is 10.1. The van der Waals surface area contributed by atoms with Crippen LogP contribution >= 0.6 is 0 Å². The molecule has 0 fully saturated rings. The van der Waals surface area contributed by atoms with Crippen LogP contribution in [-0.4, -0.2) is 52.1 Å². The standard InChI is InChI=1S/C22H25NO7/c1-14(24)23-10-9-15-5-7-16(8-6-15)18(25)13-30-22(26)17-11-19(27-2)21(29-4)20(12-17)28-3/h5-8,11-12H,9-10,13H2,1-4H3,(H,23,24). The number of carbonyl (C=O) groups excluding carboxylic acids is 3. The summed E-state index contributed by atoms with van der Waals surface area (Å²) in [5.74, 6) is -0.129. The molecule has 0 aliphatic rings. The van der Waals surface area contributed by atoms with Gasteiger partial charge >= 0.3 is 5.97 Å². The number of ketones is 1. The molecule has 2 aromatic carbocycles. The lowest BCUT2D eigenvalue weighted by Crippen LogP contribution is -2.22. The molecule has 0 saturated carbocycles. The number of rotatable bonds is 10. The molecule has 0 aliphatic carbocycles. The second kappa shape index (κ2) is 10.8. The molecular weight excluding hydrogens is 390 g/mol. The molecule has 0 atom stereocenters. The summed E-state index contributed by atoms with van der Waals surface area (Å²) < 4.78 is 20.8. The summed E-state index contributed by atoms with van der Waals surface area (Å²) in [5, 5.41) is 2.71. The first-order valence-electron chi connectivity index (χ1n) is 9.23. The van der Waals surface area contributed by atoms with Gasteiger partial charge in [-0.1, -0.05) is 24.3 Å². The highest BCUT2D eigenvalue weighted by Crippen LogP contribution is 2.38. The van der Waals surface area contributed by atoms with Gasteiger partial charge in [0, 0.05) is 19.0 Å². The second-order valence-corrected chi connectivity index (χ2v) is 6.34. The minimum atomic E-state index is -0.686. The fourth-order valence-electron chi connectivity index (χ4n) is 2.74. The number of benzene rings is 2. The monoisotopic (exact) mass is 415 g/mol. The maximum Gasteiger partial charge on any atom is 0.338 e. The van der Waals surface area contributed by atoms with Gasteiger partial charge in [-0.3, -0.25) is 9.59 Å². The molecular formula is C22H25NO7. The van der Waals surface area contributed by atoms with E-state index in [1.165, 1.54) is 40.4 Å². The number of carbonyl (C=O) groups is 3. The van der Waals surface area contributed by atoms with E-state index >= 15 is 0 Å². The molecule has 0 heterocycles. The maximum atomic E-state index is 12.4. The fraction of sp³-hybridized carbons (Fsp3) is 0.318. The van der Waals surface area contributed by atoms with Gasteiger partial charge in [-0.25, -0.2) is 4.79 Å². The molecule has 30 heavy (non-hydrogen) atoms. The Balaban J connectivity index is 1.99. The number of Topliss-reactive ketones (excluding diaryl/α,β-unsaturated/α-hetero) is 1. The smallest absolute Gasteiger partial charge is 0.338 e. The topological polar surface area (TPSA) is 100 Å². The third kappa shape index (κ3) is 5.97. The van der Waals surface area contributed by atoms with E-state index in [-0.39, 0.29) is 17.3 Å². The van der Waals surface area contributed by atoms with E-state index in [1.807, 2.05) is 0 Å². The quantitative estimate of drug-likeness (QED) is 0.470. The van der Waals surface area contributed by atoms with Crippen LogP contribution in [0.25, 0.3) is 0 Å². The van der Waals surface area contributed by atoms with Crippen molar-refractivity contribution in [2.24, 2.45) is 0 Å². The Hall–Kier alpha value is -3.55. The van der Waals surface area contributed by atoms with Gasteiger partial charge in [0.1, 0.15) is 0 Å². The summed E-state index contributed by atoms with van der Waals surface area (Å²) in [7, 11) is 4.34. The van der Waals surface area contributed by atoms with Crippen molar-refractivity contribution in [1.82, 2.24) is 5.32 Å². The number of amides is 1. The normalized spacial score (nSPS) is 10.1. The molecule has 0 saturated heterocycles. The summed E-state index contributed by atoms with van der Waals surface area (Å²) in [6, 6.07) is 9.85. The van der Waals surface area contributed by atoms with Gasteiger partial charge in [-0.05, 0) is 24.1 Å². The first-order valence-corrected chi connectivity index (χ1v) is 9.23. The first-order chi connectivity index (χ1) is 14.4. The van der Waals surface area contributed by atoms with E-state index in [2.05, 4.69) is 5.32 Å². The number of methoxy groups -OCH3 is 3. The number of ether oxygens (including phenoxy) is 4. The van der Waals surface area contributed by atoms with Gasteiger partial charge in [0.15, 0.2) is 23.9 Å². The Bertz CT molecular complexity index is 881. The molecule has 1 amide bonds. The Labute approximate surface area is 175 Å². The minimum Gasteiger partial charge on any atom is -0.493 e. The van der Waals surface area contributed by atoms with E-state index in [9.17, 15) is 14.4 Å².